The molecule has 8 heteroatoms. The molecule has 0 spiro atoms. The highest BCUT2D eigenvalue weighted by Gasteiger charge is 2.20. The topological polar surface area (TPSA) is 77.4 Å². The van der Waals surface area contributed by atoms with Crippen molar-refractivity contribution in [3.05, 3.63) is 22.7 Å². The van der Waals surface area contributed by atoms with Crippen LogP contribution in [0.2, 0.25) is 5.02 Å². The van der Waals surface area contributed by atoms with Crippen LogP contribution in [0.5, 0.6) is 5.75 Å². The standard InChI is InChI=1S/C15H24BClO6/c1-3-20-5-6-22-11-13-14(16(18)19)9-12(10-15(13)17)23-8-7-21-4-2/h9-10,18-19H,3-8,11H2,1-2H3. The highest BCUT2D eigenvalue weighted by Crippen LogP contribution is 2.22. The van der Waals surface area contributed by atoms with Gasteiger partial charge in [0.25, 0.3) is 0 Å². The van der Waals surface area contributed by atoms with Gasteiger partial charge in [0.15, 0.2) is 0 Å². The van der Waals surface area contributed by atoms with Gasteiger partial charge in [-0.1, -0.05) is 11.6 Å². The second-order valence-corrected chi connectivity index (χ2v) is 5.05. The Hall–Kier alpha value is -0.825. The van der Waals surface area contributed by atoms with E-state index in [1.54, 1.807) is 12.1 Å². The summed E-state index contributed by atoms with van der Waals surface area (Å²) in [6, 6.07) is 3.17. The number of halogens is 1. The van der Waals surface area contributed by atoms with E-state index in [4.69, 9.17) is 30.5 Å². The smallest absolute Gasteiger partial charge is 0.488 e. The summed E-state index contributed by atoms with van der Waals surface area (Å²) in [7, 11) is -1.66. The average Bonchev–Trinajstić information content (AvgIpc) is 2.52. The van der Waals surface area contributed by atoms with Crippen LogP contribution in [0.1, 0.15) is 19.4 Å². The highest BCUT2D eigenvalue weighted by molar-refractivity contribution is 6.59. The summed E-state index contributed by atoms with van der Waals surface area (Å²) < 4.78 is 21.3. The van der Waals surface area contributed by atoms with Crippen molar-refractivity contribution in [1.29, 1.82) is 0 Å². The Balaban J connectivity index is 2.69. The van der Waals surface area contributed by atoms with Crippen molar-refractivity contribution in [3.63, 3.8) is 0 Å². The molecule has 0 aliphatic heterocycles. The van der Waals surface area contributed by atoms with E-state index >= 15 is 0 Å². The Morgan fingerprint density at radius 1 is 0.957 bits per heavy atom. The molecular weight excluding hydrogens is 322 g/mol. The number of hydrogen-bond donors (Lipinski definition) is 2. The van der Waals surface area contributed by atoms with Crippen LogP contribution < -0.4 is 10.2 Å². The first-order chi connectivity index (χ1) is 11.1. The van der Waals surface area contributed by atoms with Gasteiger partial charge in [0, 0.05) is 18.2 Å². The molecule has 1 aromatic rings. The number of rotatable bonds is 12. The minimum Gasteiger partial charge on any atom is -0.491 e. The van der Waals surface area contributed by atoms with E-state index in [0.717, 1.165) is 0 Å². The molecule has 0 fully saturated rings. The summed E-state index contributed by atoms with van der Waals surface area (Å²) in [5.74, 6) is 0.455. The molecule has 0 amide bonds. The Morgan fingerprint density at radius 3 is 2.17 bits per heavy atom. The second kappa shape index (κ2) is 11.7. The van der Waals surface area contributed by atoms with E-state index in [2.05, 4.69) is 0 Å². The van der Waals surface area contributed by atoms with Gasteiger partial charge in [-0.05, 0) is 37.0 Å². The molecule has 0 atom stereocenters. The van der Waals surface area contributed by atoms with Gasteiger partial charge in [0.05, 0.1) is 26.4 Å². The predicted molar refractivity (Wildman–Crippen MR) is 89.4 cm³/mol. The second-order valence-electron chi connectivity index (χ2n) is 4.64. The third kappa shape index (κ3) is 7.52. The van der Waals surface area contributed by atoms with Crippen molar-refractivity contribution in [2.24, 2.45) is 0 Å². The van der Waals surface area contributed by atoms with Crippen LogP contribution in [0.3, 0.4) is 0 Å². The monoisotopic (exact) mass is 346 g/mol. The first-order valence-corrected chi connectivity index (χ1v) is 8.02. The van der Waals surface area contributed by atoms with Crippen LogP contribution in [0.25, 0.3) is 0 Å². The molecule has 6 nitrogen and oxygen atoms in total. The lowest BCUT2D eigenvalue weighted by Crippen LogP contribution is -2.34. The Kier molecular flexibility index (Phi) is 10.3. The van der Waals surface area contributed by atoms with Crippen LogP contribution in [-0.2, 0) is 20.8 Å². The fourth-order valence-electron chi connectivity index (χ4n) is 1.90. The first kappa shape index (κ1) is 20.2. The van der Waals surface area contributed by atoms with Gasteiger partial charge in [-0.15, -0.1) is 0 Å². The molecule has 0 saturated heterocycles. The normalized spacial score (nSPS) is 10.8. The zero-order chi connectivity index (χ0) is 17.1. The van der Waals surface area contributed by atoms with Crippen LogP contribution in [0.15, 0.2) is 12.1 Å². The maximum absolute atomic E-state index is 9.54. The molecule has 0 radical (unpaired) electrons. The van der Waals surface area contributed by atoms with E-state index < -0.39 is 7.12 Å². The van der Waals surface area contributed by atoms with Crippen LogP contribution in [-0.4, -0.2) is 56.8 Å². The Bertz CT molecular complexity index is 458. The van der Waals surface area contributed by atoms with E-state index in [0.29, 0.717) is 56.0 Å². The molecule has 0 unspecified atom stereocenters. The predicted octanol–water partition coefficient (Wildman–Crippen LogP) is 0.988. The zero-order valence-electron chi connectivity index (χ0n) is 13.6. The fourth-order valence-corrected chi connectivity index (χ4v) is 2.17. The van der Waals surface area contributed by atoms with Gasteiger partial charge in [0.1, 0.15) is 12.4 Å². The van der Waals surface area contributed by atoms with Crippen molar-refractivity contribution in [2.45, 2.75) is 20.5 Å². The summed E-state index contributed by atoms with van der Waals surface area (Å²) in [6.07, 6.45) is 0. The molecule has 0 aliphatic carbocycles. The van der Waals surface area contributed by atoms with Crippen LogP contribution in [0, 0.1) is 0 Å². The molecule has 0 saturated carbocycles. The number of hydrogen-bond acceptors (Lipinski definition) is 6. The maximum Gasteiger partial charge on any atom is 0.488 e. The number of benzene rings is 1. The SMILES string of the molecule is CCOCCOCc1c(Cl)cc(OCCOCC)cc1B(O)O. The van der Waals surface area contributed by atoms with Crippen molar-refractivity contribution in [2.75, 3.05) is 39.6 Å². The van der Waals surface area contributed by atoms with Crippen molar-refractivity contribution >= 4 is 24.2 Å². The number of ether oxygens (including phenoxy) is 4. The summed E-state index contributed by atoms with van der Waals surface area (Å²) in [6.45, 7) is 6.89. The lowest BCUT2D eigenvalue weighted by Gasteiger charge is -2.15. The van der Waals surface area contributed by atoms with Crippen molar-refractivity contribution in [3.8, 4) is 5.75 Å². The van der Waals surface area contributed by atoms with Crippen LogP contribution in [0.4, 0.5) is 0 Å². The Labute approximate surface area is 142 Å². The van der Waals surface area contributed by atoms with E-state index in [1.807, 2.05) is 13.8 Å². The maximum atomic E-state index is 9.54. The molecular formula is C15H24BClO6. The minimum atomic E-state index is -1.66. The summed E-state index contributed by atoms with van der Waals surface area (Å²) in [4.78, 5) is 0. The lowest BCUT2D eigenvalue weighted by atomic mass is 9.77. The molecule has 0 aromatic heterocycles. The van der Waals surface area contributed by atoms with Gasteiger partial charge < -0.3 is 29.0 Å². The zero-order valence-corrected chi connectivity index (χ0v) is 14.3. The lowest BCUT2D eigenvalue weighted by molar-refractivity contribution is 0.0455. The Morgan fingerprint density at radius 2 is 1.57 bits per heavy atom. The third-order valence-electron chi connectivity index (χ3n) is 3.00. The molecule has 1 rings (SSSR count). The third-order valence-corrected chi connectivity index (χ3v) is 3.34. The molecule has 0 aliphatic rings. The molecule has 0 bridgehead atoms. The van der Waals surface area contributed by atoms with E-state index in [1.165, 1.54) is 0 Å². The summed E-state index contributed by atoms with van der Waals surface area (Å²) >= 11 is 6.21. The highest BCUT2D eigenvalue weighted by atomic mass is 35.5. The average molecular weight is 347 g/mol. The quantitative estimate of drug-likeness (QED) is 0.434. The van der Waals surface area contributed by atoms with Gasteiger partial charge >= 0.3 is 7.12 Å². The largest absolute Gasteiger partial charge is 0.491 e. The minimum absolute atomic E-state index is 0.165. The molecule has 130 valence electrons. The molecule has 23 heavy (non-hydrogen) atoms. The first-order valence-electron chi connectivity index (χ1n) is 7.64. The van der Waals surface area contributed by atoms with Crippen LogP contribution >= 0.6 is 11.6 Å². The van der Waals surface area contributed by atoms with Crippen molar-refractivity contribution in [1.82, 2.24) is 0 Å². The fraction of sp³-hybridized carbons (Fsp3) is 0.600. The summed E-state index contributed by atoms with van der Waals surface area (Å²) in [5, 5.41) is 19.4. The van der Waals surface area contributed by atoms with E-state index in [-0.39, 0.29) is 12.1 Å². The molecule has 0 heterocycles. The van der Waals surface area contributed by atoms with Gasteiger partial charge in [-0.25, -0.2) is 0 Å². The van der Waals surface area contributed by atoms with Gasteiger partial charge in [-0.3, -0.25) is 0 Å². The molecule has 2 N–H and O–H groups in total. The van der Waals surface area contributed by atoms with Crippen molar-refractivity contribution < 1.29 is 29.0 Å². The molecule has 1 aromatic carbocycles. The summed E-state index contributed by atoms with van der Waals surface area (Å²) in [5.41, 5.74) is 0.788. The van der Waals surface area contributed by atoms with Gasteiger partial charge in [0.2, 0.25) is 0 Å². The van der Waals surface area contributed by atoms with E-state index in [9.17, 15) is 10.0 Å². The van der Waals surface area contributed by atoms with Gasteiger partial charge in [-0.2, -0.15) is 0 Å².